The summed E-state index contributed by atoms with van der Waals surface area (Å²) in [5.41, 5.74) is 2.34. The Labute approximate surface area is 156 Å². The van der Waals surface area contributed by atoms with Gasteiger partial charge in [0.2, 0.25) is 5.78 Å². The lowest BCUT2D eigenvalue weighted by molar-refractivity contribution is 0.311. The largest absolute Gasteiger partial charge is 0.493 e. The molecule has 27 heavy (non-hydrogen) atoms. The molecule has 0 aliphatic rings. The Hall–Kier alpha value is -3.61. The van der Waals surface area contributed by atoms with Crippen molar-refractivity contribution in [2.75, 3.05) is 19.0 Å². The van der Waals surface area contributed by atoms with Gasteiger partial charge in [-0.25, -0.2) is 9.97 Å². The lowest BCUT2D eigenvalue weighted by Crippen LogP contribution is -2.00. The van der Waals surface area contributed by atoms with Gasteiger partial charge >= 0.3 is 0 Å². The van der Waals surface area contributed by atoms with Crippen LogP contribution in [0.15, 0.2) is 61.1 Å². The number of aromatic nitrogens is 4. The number of anilines is 2. The lowest BCUT2D eigenvalue weighted by atomic mass is 10.2. The van der Waals surface area contributed by atoms with E-state index in [9.17, 15) is 0 Å². The van der Waals surface area contributed by atoms with Gasteiger partial charge in [-0.05, 0) is 37.3 Å². The monoisotopic (exact) mass is 361 g/mol. The summed E-state index contributed by atoms with van der Waals surface area (Å²) in [7, 11) is 1.62. The van der Waals surface area contributed by atoms with Gasteiger partial charge < -0.3 is 14.8 Å². The van der Waals surface area contributed by atoms with Crippen molar-refractivity contribution >= 4 is 17.3 Å². The first-order valence-corrected chi connectivity index (χ1v) is 8.62. The normalized spacial score (nSPS) is 10.7. The van der Waals surface area contributed by atoms with Gasteiger partial charge in [0.05, 0.1) is 19.4 Å². The number of fused-ring (bicyclic) bond motifs is 1. The SMILES string of the molecule is CCOc1ccc(Nc2c(-c3ccccn3)nc3ncccn23)cc1OC. The quantitative estimate of drug-likeness (QED) is 0.561. The minimum absolute atomic E-state index is 0.575. The van der Waals surface area contributed by atoms with Gasteiger partial charge in [-0.15, -0.1) is 0 Å². The number of imidazole rings is 1. The molecule has 4 aromatic rings. The van der Waals surface area contributed by atoms with E-state index in [1.165, 1.54) is 0 Å². The van der Waals surface area contributed by atoms with Gasteiger partial charge in [-0.3, -0.25) is 9.38 Å². The van der Waals surface area contributed by atoms with Gasteiger partial charge in [0.1, 0.15) is 11.5 Å². The van der Waals surface area contributed by atoms with Gasteiger partial charge in [-0.2, -0.15) is 0 Å². The summed E-state index contributed by atoms with van der Waals surface area (Å²) in [4.78, 5) is 13.4. The molecule has 7 heteroatoms. The number of nitrogens with one attached hydrogen (secondary N) is 1. The molecule has 4 rings (SSSR count). The molecule has 0 amide bonds. The molecule has 0 unspecified atom stereocenters. The van der Waals surface area contributed by atoms with E-state index in [2.05, 4.69) is 20.3 Å². The zero-order valence-electron chi connectivity index (χ0n) is 15.1. The van der Waals surface area contributed by atoms with Crippen molar-refractivity contribution in [1.29, 1.82) is 0 Å². The molecule has 1 aromatic carbocycles. The average Bonchev–Trinajstić information content (AvgIpc) is 3.08. The van der Waals surface area contributed by atoms with Crippen LogP contribution < -0.4 is 14.8 Å². The first-order valence-electron chi connectivity index (χ1n) is 8.62. The molecule has 0 bridgehead atoms. The number of nitrogens with zero attached hydrogens (tertiary/aromatic N) is 4. The van der Waals surface area contributed by atoms with Gasteiger partial charge in [-0.1, -0.05) is 6.07 Å². The summed E-state index contributed by atoms with van der Waals surface area (Å²) in [5, 5.41) is 3.42. The maximum absolute atomic E-state index is 5.59. The van der Waals surface area contributed by atoms with Crippen LogP contribution in [-0.2, 0) is 0 Å². The highest BCUT2D eigenvalue weighted by Crippen LogP contribution is 2.34. The van der Waals surface area contributed by atoms with E-state index in [1.807, 2.05) is 60.0 Å². The number of benzene rings is 1. The number of methoxy groups -OCH3 is 1. The lowest BCUT2D eigenvalue weighted by Gasteiger charge is -2.13. The van der Waals surface area contributed by atoms with Crippen LogP contribution in [0.4, 0.5) is 11.5 Å². The molecule has 0 saturated heterocycles. The predicted molar refractivity (Wildman–Crippen MR) is 104 cm³/mol. The highest BCUT2D eigenvalue weighted by molar-refractivity contribution is 5.77. The number of ether oxygens (including phenoxy) is 2. The van der Waals surface area contributed by atoms with Gasteiger partial charge in [0.25, 0.3) is 0 Å². The van der Waals surface area contributed by atoms with E-state index in [0.717, 1.165) is 22.9 Å². The molecule has 0 aliphatic heterocycles. The molecular weight excluding hydrogens is 342 g/mol. The summed E-state index contributed by atoms with van der Waals surface area (Å²) in [6.07, 6.45) is 5.38. The van der Waals surface area contributed by atoms with Crippen molar-refractivity contribution in [1.82, 2.24) is 19.4 Å². The van der Waals surface area contributed by atoms with Crippen LogP contribution in [0.5, 0.6) is 11.5 Å². The van der Waals surface area contributed by atoms with E-state index >= 15 is 0 Å². The Morgan fingerprint density at radius 3 is 2.70 bits per heavy atom. The van der Waals surface area contributed by atoms with Crippen molar-refractivity contribution < 1.29 is 9.47 Å². The topological polar surface area (TPSA) is 73.6 Å². The van der Waals surface area contributed by atoms with E-state index < -0.39 is 0 Å². The van der Waals surface area contributed by atoms with Crippen LogP contribution in [0.3, 0.4) is 0 Å². The molecule has 0 atom stereocenters. The summed E-state index contributed by atoms with van der Waals surface area (Å²) in [6, 6.07) is 13.3. The second kappa shape index (κ2) is 7.33. The minimum Gasteiger partial charge on any atom is -0.493 e. The highest BCUT2D eigenvalue weighted by Gasteiger charge is 2.16. The number of hydrogen-bond donors (Lipinski definition) is 1. The number of pyridine rings is 1. The fraction of sp³-hybridized carbons (Fsp3) is 0.150. The molecule has 1 N–H and O–H groups in total. The summed E-state index contributed by atoms with van der Waals surface area (Å²) >= 11 is 0. The standard InChI is InChI=1S/C20H19N5O2/c1-3-27-16-9-8-14(13-17(16)26-2)23-19-18(15-7-4-5-10-21-15)24-20-22-11-6-12-25(19)20/h4-13,23H,3H2,1-2H3. The third-order valence-electron chi connectivity index (χ3n) is 4.04. The summed E-state index contributed by atoms with van der Waals surface area (Å²) < 4.78 is 12.9. The summed E-state index contributed by atoms with van der Waals surface area (Å²) in [6.45, 7) is 2.52. The van der Waals surface area contributed by atoms with Crippen LogP contribution >= 0.6 is 0 Å². The van der Waals surface area contributed by atoms with Crippen LogP contribution in [0.1, 0.15) is 6.92 Å². The molecule has 0 spiro atoms. The number of rotatable bonds is 6. The molecule has 0 saturated carbocycles. The first kappa shape index (κ1) is 16.8. The van der Waals surface area contributed by atoms with Gasteiger partial charge in [0, 0.05) is 30.3 Å². The van der Waals surface area contributed by atoms with E-state index in [4.69, 9.17) is 9.47 Å². The molecule has 7 nitrogen and oxygen atoms in total. The van der Waals surface area contributed by atoms with Crippen molar-refractivity contribution in [3.8, 4) is 22.9 Å². The zero-order valence-corrected chi connectivity index (χ0v) is 15.1. The molecule has 0 radical (unpaired) electrons. The van der Waals surface area contributed by atoms with Crippen molar-refractivity contribution in [2.45, 2.75) is 6.92 Å². The Bertz CT molecular complexity index is 1060. The minimum atomic E-state index is 0.575. The third-order valence-corrected chi connectivity index (χ3v) is 4.04. The second-order valence-electron chi connectivity index (χ2n) is 5.74. The molecule has 3 heterocycles. The van der Waals surface area contributed by atoms with Crippen LogP contribution in [-0.4, -0.2) is 33.1 Å². The van der Waals surface area contributed by atoms with E-state index in [0.29, 0.717) is 23.9 Å². The smallest absolute Gasteiger partial charge is 0.236 e. The van der Waals surface area contributed by atoms with Crippen LogP contribution in [0, 0.1) is 0 Å². The number of hydrogen-bond acceptors (Lipinski definition) is 6. The van der Waals surface area contributed by atoms with Crippen molar-refractivity contribution in [3.63, 3.8) is 0 Å². The van der Waals surface area contributed by atoms with Crippen molar-refractivity contribution in [2.24, 2.45) is 0 Å². The van der Waals surface area contributed by atoms with E-state index in [1.54, 1.807) is 19.5 Å². The van der Waals surface area contributed by atoms with Gasteiger partial charge in [0.15, 0.2) is 11.5 Å². The fourth-order valence-electron chi connectivity index (χ4n) is 2.85. The highest BCUT2D eigenvalue weighted by atomic mass is 16.5. The van der Waals surface area contributed by atoms with E-state index in [-0.39, 0.29) is 0 Å². The van der Waals surface area contributed by atoms with Crippen LogP contribution in [0.2, 0.25) is 0 Å². The molecule has 3 aromatic heterocycles. The maximum atomic E-state index is 5.59. The summed E-state index contributed by atoms with van der Waals surface area (Å²) in [5.74, 6) is 2.74. The van der Waals surface area contributed by atoms with Crippen molar-refractivity contribution in [3.05, 3.63) is 61.1 Å². The molecule has 0 fully saturated rings. The Balaban J connectivity index is 1.80. The third kappa shape index (κ3) is 3.27. The molecular formula is C20H19N5O2. The Kier molecular flexibility index (Phi) is 4.57. The Morgan fingerprint density at radius 1 is 1.04 bits per heavy atom. The second-order valence-corrected chi connectivity index (χ2v) is 5.74. The maximum Gasteiger partial charge on any atom is 0.236 e. The molecule has 0 aliphatic carbocycles. The Morgan fingerprint density at radius 2 is 1.93 bits per heavy atom. The van der Waals surface area contributed by atoms with Crippen LogP contribution in [0.25, 0.3) is 17.2 Å². The molecule has 136 valence electrons. The average molecular weight is 361 g/mol. The predicted octanol–water partition coefficient (Wildman–Crippen LogP) is 3.94. The zero-order chi connectivity index (χ0) is 18.6. The fourth-order valence-corrected chi connectivity index (χ4v) is 2.85. The first-order chi connectivity index (χ1) is 13.3.